The van der Waals surface area contributed by atoms with Crippen molar-refractivity contribution < 1.29 is 14.9 Å². The molecule has 0 radical (unpaired) electrons. The molecule has 0 fully saturated rings. The number of nitrogen functional groups attached to an aromatic ring is 1. The summed E-state index contributed by atoms with van der Waals surface area (Å²) in [7, 11) is 0. The van der Waals surface area contributed by atoms with Crippen molar-refractivity contribution >= 4 is 22.5 Å². The Hall–Kier alpha value is -2.68. The molecule has 0 aliphatic carbocycles. The summed E-state index contributed by atoms with van der Waals surface area (Å²) in [6.07, 6.45) is 2.21. The van der Waals surface area contributed by atoms with Gasteiger partial charge in [0.2, 0.25) is 0 Å². The fourth-order valence-electron chi connectivity index (χ4n) is 2.18. The molecule has 20 heavy (non-hydrogen) atoms. The molecule has 2 aromatic rings. The normalized spacial score (nSPS) is 18.6. The average Bonchev–Trinajstić information content (AvgIpc) is 3.03. The number of hydrogen-bond donors (Lipinski definition) is 3. The predicted molar refractivity (Wildman–Crippen MR) is 68.9 cm³/mol. The number of ether oxygens (including phenoxy) is 1. The van der Waals surface area contributed by atoms with Gasteiger partial charge in [-0.2, -0.15) is 0 Å². The van der Waals surface area contributed by atoms with E-state index in [1.165, 1.54) is 17.1 Å². The Balaban J connectivity index is 2.10. The molecule has 1 atom stereocenters. The van der Waals surface area contributed by atoms with Crippen LogP contribution in [-0.2, 0) is 4.74 Å². The zero-order valence-corrected chi connectivity index (χ0v) is 10.2. The first-order chi connectivity index (χ1) is 9.65. The van der Waals surface area contributed by atoms with Crippen LogP contribution in [0.2, 0.25) is 0 Å². The van der Waals surface area contributed by atoms with E-state index in [2.05, 4.69) is 15.1 Å². The standard InChI is InChI=1S/C11H11N5O4/c12-11-9-10(5(15-19)2-13-11)16(4-14-9)8-1-6(18)7(3-17)20-8/h2,4,8,17-18H,1,3H2,(H2,12,13)/t8-/m1/s1. The van der Waals surface area contributed by atoms with Gasteiger partial charge in [-0.3, -0.25) is 4.57 Å². The maximum absolute atomic E-state index is 10.9. The molecule has 0 spiro atoms. The van der Waals surface area contributed by atoms with E-state index in [-0.39, 0.29) is 29.4 Å². The van der Waals surface area contributed by atoms with Crippen LogP contribution in [0.5, 0.6) is 0 Å². The number of imidazole rings is 1. The highest BCUT2D eigenvalue weighted by molar-refractivity contribution is 5.93. The van der Waals surface area contributed by atoms with E-state index in [9.17, 15) is 10.0 Å². The molecule has 2 aromatic heterocycles. The van der Waals surface area contributed by atoms with Gasteiger partial charge in [-0.1, -0.05) is 0 Å². The minimum Gasteiger partial charge on any atom is -0.508 e. The van der Waals surface area contributed by atoms with Crippen molar-refractivity contribution in [1.29, 1.82) is 0 Å². The minimum absolute atomic E-state index is 0.0398. The average molecular weight is 277 g/mol. The van der Waals surface area contributed by atoms with E-state index in [0.29, 0.717) is 11.0 Å². The van der Waals surface area contributed by atoms with Crippen LogP contribution in [0.15, 0.2) is 29.2 Å². The molecule has 1 aliphatic rings. The van der Waals surface area contributed by atoms with Crippen molar-refractivity contribution in [1.82, 2.24) is 14.5 Å². The lowest BCUT2D eigenvalue weighted by atomic mass is 10.3. The van der Waals surface area contributed by atoms with Gasteiger partial charge in [0.1, 0.15) is 23.4 Å². The highest BCUT2D eigenvalue weighted by Gasteiger charge is 2.28. The number of anilines is 1. The van der Waals surface area contributed by atoms with Crippen LogP contribution in [0.1, 0.15) is 12.6 Å². The summed E-state index contributed by atoms with van der Waals surface area (Å²) in [5.41, 5.74) is 6.49. The Labute approximate surface area is 112 Å². The minimum atomic E-state index is -0.621. The predicted octanol–water partition coefficient (Wildman–Crippen LogP) is 1.09. The second-order valence-electron chi connectivity index (χ2n) is 4.27. The Bertz CT molecular complexity index is 723. The van der Waals surface area contributed by atoms with E-state index in [1.54, 1.807) is 0 Å². The summed E-state index contributed by atoms with van der Waals surface area (Å²) in [6, 6.07) is 0. The lowest BCUT2D eigenvalue weighted by Gasteiger charge is -2.14. The highest BCUT2D eigenvalue weighted by Crippen LogP contribution is 2.36. The number of pyridine rings is 1. The number of nitrogens with two attached hydrogens (primary N) is 1. The first kappa shape index (κ1) is 12.4. The van der Waals surface area contributed by atoms with Crippen LogP contribution < -0.4 is 5.73 Å². The summed E-state index contributed by atoms with van der Waals surface area (Å²) in [5, 5.41) is 21.6. The smallest absolute Gasteiger partial charge is 0.184 e. The van der Waals surface area contributed by atoms with Gasteiger partial charge in [0.25, 0.3) is 0 Å². The number of nitrogens with zero attached hydrogens (tertiary/aromatic N) is 4. The molecule has 0 amide bonds. The summed E-state index contributed by atoms with van der Waals surface area (Å²) in [4.78, 5) is 18.8. The van der Waals surface area contributed by atoms with Crippen molar-refractivity contribution in [2.45, 2.75) is 12.6 Å². The third kappa shape index (κ3) is 1.67. The Morgan fingerprint density at radius 3 is 3.00 bits per heavy atom. The molecule has 0 saturated heterocycles. The summed E-state index contributed by atoms with van der Waals surface area (Å²) in [6.45, 7) is -0.405. The number of aliphatic hydroxyl groups is 2. The molecule has 3 rings (SSSR count). The van der Waals surface area contributed by atoms with Gasteiger partial charge in [-0.15, -0.1) is 4.91 Å². The molecule has 3 heterocycles. The second-order valence-corrected chi connectivity index (χ2v) is 4.27. The van der Waals surface area contributed by atoms with Gasteiger partial charge in [0, 0.05) is 0 Å². The Morgan fingerprint density at radius 1 is 1.55 bits per heavy atom. The lowest BCUT2D eigenvalue weighted by Crippen LogP contribution is -2.08. The summed E-state index contributed by atoms with van der Waals surface area (Å²) in [5.74, 6) is 0.227. The van der Waals surface area contributed by atoms with Crippen LogP contribution in [0.25, 0.3) is 11.0 Å². The number of nitroso groups, excluding NO2 is 1. The van der Waals surface area contributed by atoms with Crippen LogP contribution in [0.3, 0.4) is 0 Å². The van der Waals surface area contributed by atoms with E-state index in [4.69, 9.17) is 15.6 Å². The number of fused-ring (bicyclic) bond motifs is 1. The highest BCUT2D eigenvalue weighted by atomic mass is 16.5. The molecule has 0 bridgehead atoms. The van der Waals surface area contributed by atoms with Crippen LogP contribution in [-0.4, -0.2) is 31.4 Å². The molecule has 1 aliphatic heterocycles. The van der Waals surface area contributed by atoms with Crippen molar-refractivity contribution in [2.24, 2.45) is 5.18 Å². The number of aliphatic hydroxyl groups excluding tert-OH is 2. The van der Waals surface area contributed by atoms with E-state index in [0.717, 1.165) is 0 Å². The maximum Gasteiger partial charge on any atom is 0.184 e. The molecule has 4 N–H and O–H groups in total. The third-order valence-corrected chi connectivity index (χ3v) is 3.13. The molecule has 0 saturated carbocycles. The molecular weight excluding hydrogens is 266 g/mol. The van der Waals surface area contributed by atoms with Gasteiger partial charge in [0.05, 0.1) is 18.9 Å². The van der Waals surface area contributed by atoms with Gasteiger partial charge in [-0.25, -0.2) is 9.97 Å². The van der Waals surface area contributed by atoms with Crippen molar-refractivity contribution in [2.75, 3.05) is 12.3 Å². The zero-order chi connectivity index (χ0) is 14.3. The first-order valence-electron chi connectivity index (χ1n) is 5.78. The van der Waals surface area contributed by atoms with Crippen molar-refractivity contribution in [3.8, 4) is 0 Å². The fraction of sp³-hybridized carbons (Fsp3) is 0.273. The summed E-state index contributed by atoms with van der Waals surface area (Å²) < 4.78 is 6.94. The largest absolute Gasteiger partial charge is 0.508 e. The van der Waals surface area contributed by atoms with Crippen LogP contribution in [0.4, 0.5) is 11.5 Å². The number of hydrogen-bond acceptors (Lipinski definition) is 8. The topological polar surface area (TPSA) is 136 Å². The first-order valence-corrected chi connectivity index (χ1v) is 5.78. The van der Waals surface area contributed by atoms with E-state index in [1.807, 2.05) is 0 Å². The fourth-order valence-corrected chi connectivity index (χ4v) is 2.18. The molecule has 0 unspecified atom stereocenters. The van der Waals surface area contributed by atoms with E-state index < -0.39 is 12.8 Å². The van der Waals surface area contributed by atoms with Gasteiger partial charge < -0.3 is 20.7 Å². The molecule has 9 heteroatoms. The Morgan fingerprint density at radius 2 is 2.35 bits per heavy atom. The van der Waals surface area contributed by atoms with Gasteiger partial charge in [-0.05, 0) is 5.18 Å². The third-order valence-electron chi connectivity index (χ3n) is 3.13. The van der Waals surface area contributed by atoms with E-state index >= 15 is 0 Å². The van der Waals surface area contributed by atoms with Crippen molar-refractivity contribution in [3.05, 3.63) is 28.9 Å². The molecular formula is C11H11N5O4. The SMILES string of the molecule is Nc1ncc(N=O)c2c1ncn2[C@H]1CC(O)=C(CO)O1. The quantitative estimate of drug-likeness (QED) is 0.714. The van der Waals surface area contributed by atoms with Gasteiger partial charge in [0.15, 0.2) is 23.5 Å². The summed E-state index contributed by atoms with van der Waals surface area (Å²) >= 11 is 0. The molecule has 104 valence electrons. The number of aromatic nitrogens is 3. The number of rotatable bonds is 3. The second kappa shape index (κ2) is 4.46. The van der Waals surface area contributed by atoms with Gasteiger partial charge >= 0.3 is 0 Å². The lowest BCUT2D eigenvalue weighted by molar-refractivity contribution is 0.0660. The maximum atomic E-state index is 10.9. The van der Waals surface area contributed by atoms with Crippen LogP contribution >= 0.6 is 0 Å². The van der Waals surface area contributed by atoms with Crippen LogP contribution in [0, 0.1) is 4.91 Å². The van der Waals surface area contributed by atoms with Crippen molar-refractivity contribution in [3.63, 3.8) is 0 Å². The Kier molecular flexibility index (Phi) is 2.75. The molecule has 0 aromatic carbocycles. The monoisotopic (exact) mass is 277 g/mol. The zero-order valence-electron chi connectivity index (χ0n) is 10.2. The molecule has 9 nitrogen and oxygen atoms in total.